The minimum absolute atomic E-state index is 0.147. The number of anilines is 1. The Bertz CT molecular complexity index is 579. The number of benzene rings is 2. The zero-order valence-corrected chi connectivity index (χ0v) is 10.5. The summed E-state index contributed by atoms with van der Waals surface area (Å²) in [5.74, 6) is -0.420. The van der Waals surface area contributed by atoms with Gasteiger partial charge in [0.2, 0.25) is 0 Å². The Morgan fingerprint density at radius 2 is 1.71 bits per heavy atom. The third kappa shape index (κ3) is 2.27. The molecule has 0 unspecified atom stereocenters. The summed E-state index contributed by atoms with van der Waals surface area (Å²) in [4.78, 5) is 0. The number of halogens is 2. The van der Waals surface area contributed by atoms with Gasteiger partial charge in [-0.3, -0.25) is 0 Å². The number of rotatable bonds is 1. The van der Waals surface area contributed by atoms with Crippen LogP contribution in [0.3, 0.4) is 0 Å². The van der Waals surface area contributed by atoms with Gasteiger partial charge in [0.1, 0.15) is 5.82 Å². The molecule has 2 rings (SSSR count). The van der Waals surface area contributed by atoms with Crippen LogP contribution in [0, 0.1) is 19.7 Å². The monoisotopic (exact) mass is 249 g/mol. The van der Waals surface area contributed by atoms with Gasteiger partial charge >= 0.3 is 0 Å². The quantitative estimate of drug-likeness (QED) is 0.748. The predicted molar refractivity (Wildman–Crippen MR) is 70.7 cm³/mol. The molecule has 0 saturated heterocycles. The van der Waals surface area contributed by atoms with E-state index < -0.39 is 5.82 Å². The number of nitrogens with two attached hydrogens (primary N) is 1. The summed E-state index contributed by atoms with van der Waals surface area (Å²) < 4.78 is 13.4. The minimum atomic E-state index is -0.420. The molecule has 3 heteroatoms. The molecule has 0 fully saturated rings. The third-order valence-corrected chi connectivity index (χ3v) is 3.21. The van der Waals surface area contributed by atoms with Crippen LogP contribution in [-0.2, 0) is 0 Å². The maximum absolute atomic E-state index is 13.4. The van der Waals surface area contributed by atoms with Crippen molar-refractivity contribution < 1.29 is 4.39 Å². The lowest BCUT2D eigenvalue weighted by Gasteiger charge is -2.09. The fraction of sp³-hybridized carbons (Fsp3) is 0.143. The van der Waals surface area contributed by atoms with Crippen molar-refractivity contribution >= 4 is 17.3 Å². The van der Waals surface area contributed by atoms with E-state index >= 15 is 0 Å². The van der Waals surface area contributed by atoms with Gasteiger partial charge in [-0.05, 0) is 54.8 Å². The van der Waals surface area contributed by atoms with Crippen LogP contribution in [-0.4, -0.2) is 0 Å². The van der Waals surface area contributed by atoms with E-state index in [2.05, 4.69) is 0 Å². The van der Waals surface area contributed by atoms with Crippen molar-refractivity contribution in [1.29, 1.82) is 0 Å². The number of aryl methyl sites for hydroxylation is 2. The molecule has 0 spiro atoms. The van der Waals surface area contributed by atoms with Gasteiger partial charge in [-0.15, -0.1) is 0 Å². The Morgan fingerprint density at radius 1 is 1.06 bits per heavy atom. The molecular formula is C14H13ClFN. The Kier molecular flexibility index (Phi) is 3.07. The Labute approximate surface area is 105 Å². The second kappa shape index (κ2) is 4.38. The van der Waals surface area contributed by atoms with E-state index in [1.807, 2.05) is 26.0 Å². The largest absolute Gasteiger partial charge is 0.396 e. The van der Waals surface area contributed by atoms with Crippen LogP contribution in [0.1, 0.15) is 11.1 Å². The van der Waals surface area contributed by atoms with E-state index in [1.54, 1.807) is 12.1 Å². The minimum Gasteiger partial charge on any atom is -0.396 e. The summed E-state index contributed by atoms with van der Waals surface area (Å²) in [7, 11) is 0. The molecule has 0 amide bonds. The molecule has 0 bridgehead atoms. The lowest BCUT2D eigenvalue weighted by molar-refractivity contribution is 0.633. The van der Waals surface area contributed by atoms with E-state index in [-0.39, 0.29) is 5.69 Å². The molecule has 0 heterocycles. The van der Waals surface area contributed by atoms with Gasteiger partial charge in [-0.2, -0.15) is 0 Å². The van der Waals surface area contributed by atoms with E-state index in [4.69, 9.17) is 17.3 Å². The SMILES string of the molecule is Cc1cc(Cl)c(-c2ccc(N)c(F)c2)cc1C. The lowest BCUT2D eigenvalue weighted by Crippen LogP contribution is -1.91. The molecule has 0 radical (unpaired) electrons. The molecule has 0 atom stereocenters. The fourth-order valence-electron chi connectivity index (χ4n) is 1.70. The summed E-state index contributed by atoms with van der Waals surface area (Å²) in [5, 5.41) is 0.622. The zero-order chi connectivity index (χ0) is 12.6. The zero-order valence-electron chi connectivity index (χ0n) is 9.72. The molecular weight excluding hydrogens is 237 g/mol. The van der Waals surface area contributed by atoms with Crippen molar-refractivity contribution in [2.45, 2.75) is 13.8 Å². The molecule has 2 N–H and O–H groups in total. The van der Waals surface area contributed by atoms with Crippen molar-refractivity contribution in [2.75, 3.05) is 5.73 Å². The van der Waals surface area contributed by atoms with Crippen LogP contribution in [0.15, 0.2) is 30.3 Å². The molecule has 88 valence electrons. The number of hydrogen-bond acceptors (Lipinski definition) is 1. The first-order valence-corrected chi connectivity index (χ1v) is 5.69. The first-order chi connectivity index (χ1) is 7.99. The Morgan fingerprint density at radius 3 is 2.35 bits per heavy atom. The highest BCUT2D eigenvalue weighted by molar-refractivity contribution is 6.33. The molecule has 0 aliphatic heterocycles. The highest BCUT2D eigenvalue weighted by Crippen LogP contribution is 2.31. The summed E-state index contributed by atoms with van der Waals surface area (Å²) in [5.41, 5.74) is 9.41. The highest BCUT2D eigenvalue weighted by Gasteiger charge is 2.08. The summed E-state index contributed by atoms with van der Waals surface area (Å²) in [6.45, 7) is 4.00. The predicted octanol–water partition coefficient (Wildman–Crippen LogP) is 4.35. The van der Waals surface area contributed by atoms with E-state index in [0.29, 0.717) is 5.02 Å². The van der Waals surface area contributed by atoms with Gasteiger partial charge in [0.05, 0.1) is 5.69 Å². The van der Waals surface area contributed by atoms with Gasteiger partial charge in [0, 0.05) is 10.6 Å². The molecule has 0 aliphatic rings. The highest BCUT2D eigenvalue weighted by atomic mass is 35.5. The maximum Gasteiger partial charge on any atom is 0.146 e. The van der Waals surface area contributed by atoms with Crippen molar-refractivity contribution in [3.63, 3.8) is 0 Å². The molecule has 0 saturated carbocycles. The van der Waals surface area contributed by atoms with Crippen LogP contribution in [0.25, 0.3) is 11.1 Å². The smallest absolute Gasteiger partial charge is 0.146 e. The molecule has 0 aromatic heterocycles. The Hall–Kier alpha value is -1.54. The first-order valence-electron chi connectivity index (χ1n) is 5.31. The first kappa shape index (κ1) is 11.9. The maximum atomic E-state index is 13.4. The van der Waals surface area contributed by atoms with Crippen LogP contribution in [0.5, 0.6) is 0 Å². The van der Waals surface area contributed by atoms with Gasteiger partial charge in [-0.1, -0.05) is 17.7 Å². The van der Waals surface area contributed by atoms with Crippen molar-refractivity contribution in [2.24, 2.45) is 0 Å². The second-order valence-corrected chi connectivity index (χ2v) is 4.56. The van der Waals surface area contributed by atoms with Crippen molar-refractivity contribution in [3.05, 3.63) is 52.3 Å². The summed E-state index contributed by atoms with van der Waals surface area (Å²) in [6, 6.07) is 8.58. The van der Waals surface area contributed by atoms with Crippen molar-refractivity contribution in [1.82, 2.24) is 0 Å². The molecule has 17 heavy (non-hydrogen) atoms. The van der Waals surface area contributed by atoms with E-state index in [9.17, 15) is 4.39 Å². The molecule has 2 aromatic rings. The van der Waals surface area contributed by atoms with Crippen LogP contribution < -0.4 is 5.73 Å². The van der Waals surface area contributed by atoms with E-state index in [0.717, 1.165) is 22.3 Å². The molecule has 1 nitrogen and oxygen atoms in total. The van der Waals surface area contributed by atoms with Gasteiger partial charge < -0.3 is 5.73 Å². The molecule has 0 aliphatic carbocycles. The standard InChI is InChI=1S/C14H13ClFN/c1-8-5-11(12(15)6-9(8)2)10-3-4-14(17)13(16)7-10/h3-7H,17H2,1-2H3. The van der Waals surface area contributed by atoms with Gasteiger partial charge in [-0.25, -0.2) is 4.39 Å². The van der Waals surface area contributed by atoms with Crippen LogP contribution >= 0.6 is 11.6 Å². The second-order valence-electron chi connectivity index (χ2n) is 4.15. The Balaban J connectivity index is 2.60. The van der Waals surface area contributed by atoms with Gasteiger partial charge in [0.15, 0.2) is 0 Å². The van der Waals surface area contributed by atoms with Crippen molar-refractivity contribution in [3.8, 4) is 11.1 Å². The summed E-state index contributed by atoms with van der Waals surface area (Å²) in [6.07, 6.45) is 0. The third-order valence-electron chi connectivity index (χ3n) is 2.89. The normalized spacial score (nSPS) is 10.6. The average Bonchev–Trinajstić information content (AvgIpc) is 2.27. The average molecular weight is 250 g/mol. The van der Waals surface area contributed by atoms with E-state index in [1.165, 1.54) is 6.07 Å². The number of hydrogen-bond donors (Lipinski definition) is 1. The van der Waals surface area contributed by atoms with Crippen LogP contribution in [0.2, 0.25) is 5.02 Å². The fourth-order valence-corrected chi connectivity index (χ4v) is 2.02. The lowest BCUT2D eigenvalue weighted by atomic mass is 10.00. The number of nitrogen functional groups attached to an aromatic ring is 1. The summed E-state index contributed by atoms with van der Waals surface area (Å²) >= 11 is 6.17. The van der Waals surface area contributed by atoms with Crippen LogP contribution in [0.4, 0.5) is 10.1 Å². The topological polar surface area (TPSA) is 26.0 Å². The molecule has 2 aromatic carbocycles. The van der Waals surface area contributed by atoms with Gasteiger partial charge in [0.25, 0.3) is 0 Å².